The maximum absolute atomic E-state index is 13.8. The van der Waals surface area contributed by atoms with Crippen molar-refractivity contribution >= 4 is 17.6 Å². The molecule has 1 atom stereocenters. The first-order chi connectivity index (χ1) is 16.2. The van der Waals surface area contributed by atoms with Crippen molar-refractivity contribution in [2.24, 2.45) is 0 Å². The number of carbonyl (C=O) groups is 2. The maximum Gasteiger partial charge on any atom is 0.326 e. The molecule has 1 unspecified atom stereocenters. The Balaban J connectivity index is 1.33. The van der Waals surface area contributed by atoms with Crippen LogP contribution in [0.5, 0.6) is 0 Å². The van der Waals surface area contributed by atoms with Gasteiger partial charge in [-0.25, -0.2) is 9.69 Å². The van der Waals surface area contributed by atoms with Crippen LogP contribution in [0.1, 0.15) is 11.1 Å². The molecule has 5 rings (SSSR count). The topological polar surface area (TPSA) is 68.8 Å². The van der Waals surface area contributed by atoms with Gasteiger partial charge >= 0.3 is 6.03 Å². The molecule has 2 saturated heterocycles. The number of carbonyl (C=O) groups excluding carboxylic acids is 2. The quantitative estimate of drug-likeness (QED) is 0.596. The molecule has 0 saturated carbocycles. The van der Waals surface area contributed by atoms with Gasteiger partial charge < -0.3 is 10.2 Å². The van der Waals surface area contributed by atoms with E-state index in [0.717, 1.165) is 43.0 Å². The normalized spacial score (nSPS) is 21.3. The number of aromatic nitrogens is 1. The Morgan fingerprint density at radius 3 is 2.12 bits per heavy atom. The van der Waals surface area contributed by atoms with Gasteiger partial charge in [-0.2, -0.15) is 0 Å². The largest absolute Gasteiger partial charge is 0.369 e. The van der Waals surface area contributed by atoms with Gasteiger partial charge in [0.05, 0.1) is 6.67 Å². The van der Waals surface area contributed by atoms with Crippen LogP contribution in [0.15, 0.2) is 85.2 Å². The van der Waals surface area contributed by atoms with Gasteiger partial charge in [0.1, 0.15) is 0 Å². The fourth-order valence-electron chi connectivity index (χ4n) is 4.70. The van der Waals surface area contributed by atoms with Crippen molar-refractivity contribution in [2.45, 2.75) is 12.0 Å². The number of nitrogens with one attached hydrogen (secondary N) is 1. The van der Waals surface area contributed by atoms with Crippen LogP contribution in [0.3, 0.4) is 0 Å². The minimum absolute atomic E-state index is 0.195. The van der Waals surface area contributed by atoms with E-state index in [1.54, 1.807) is 12.4 Å². The summed E-state index contributed by atoms with van der Waals surface area (Å²) < 4.78 is 0. The summed E-state index contributed by atoms with van der Waals surface area (Å²) in [6.07, 6.45) is 4.00. The minimum Gasteiger partial charge on any atom is -0.369 e. The number of urea groups is 1. The average Bonchev–Trinajstić information content (AvgIpc) is 3.11. The third-order valence-electron chi connectivity index (χ3n) is 6.50. The number of nitrogens with zero attached hydrogens (tertiary/aromatic N) is 4. The van der Waals surface area contributed by atoms with Gasteiger partial charge in [0.25, 0.3) is 5.91 Å². The van der Waals surface area contributed by atoms with Gasteiger partial charge in [0, 0.05) is 50.7 Å². The number of hydrogen-bond acceptors (Lipinski definition) is 5. The Labute approximate surface area is 193 Å². The highest BCUT2D eigenvalue weighted by Gasteiger charge is 2.52. The zero-order chi connectivity index (χ0) is 22.7. The molecule has 0 bridgehead atoms. The van der Waals surface area contributed by atoms with Crippen molar-refractivity contribution in [1.29, 1.82) is 0 Å². The second-order valence-corrected chi connectivity index (χ2v) is 8.55. The van der Waals surface area contributed by atoms with Crippen LogP contribution in [0.2, 0.25) is 0 Å². The lowest BCUT2D eigenvalue weighted by atomic mass is 9.83. The zero-order valence-electron chi connectivity index (χ0n) is 18.4. The molecule has 168 valence electrons. The van der Waals surface area contributed by atoms with Gasteiger partial charge in [-0.05, 0) is 23.3 Å². The molecule has 2 fully saturated rings. The van der Waals surface area contributed by atoms with Gasteiger partial charge in [-0.15, -0.1) is 0 Å². The molecule has 2 aliphatic heterocycles. The highest BCUT2D eigenvalue weighted by Crippen LogP contribution is 2.33. The summed E-state index contributed by atoms with van der Waals surface area (Å²) in [7, 11) is 0. The molecule has 0 aliphatic carbocycles. The molecule has 0 radical (unpaired) electrons. The molecular formula is C26H27N5O2. The van der Waals surface area contributed by atoms with Gasteiger partial charge in [0.15, 0.2) is 5.54 Å². The second-order valence-electron chi connectivity index (χ2n) is 8.55. The lowest BCUT2D eigenvalue weighted by molar-refractivity contribution is -0.133. The summed E-state index contributed by atoms with van der Waals surface area (Å²) in [5, 5.41) is 3.05. The number of benzene rings is 2. The maximum atomic E-state index is 13.8. The van der Waals surface area contributed by atoms with E-state index in [-0.39, 0.29) is 18.6 Å². The Morgan fingerprint density at radius 2 is 1.45 bits per heavy atom. The first-order valence-corrected chi connectivity index (χ1v) is 11.3. The summed E-state index contributed by atoms with van der Waals surface area (Å²) >= 11 is 0. The smallest absolute Gasteiger partial charge is 0.326 e. The third kappa shape index (κ3) is 4.19. The Morgan fingerprint density at radius 1 is 0.818 bits per heavy atom. The van der Waals surface area contributed by atoms with E-state index < -0.39 is 5.54 Å². The SMILES string of the molecule is O=C1NC(Cc2ccccc2)(c2ccccc2)C(=O)N1CN1CCN(c2ccncc2)CC1. The van der Waals surface area contributed by atoms with E-state index in [4.69, 9.17) is 0 Å². The van der Waals surface area contributed by atoms with Gasteiger partial charge in [-0.1, -0.05) is 60.7 Å². The summed E-state index contributed by atoms with van der Waals surface area (Å²) in [5.74, 6) is -0.195. The van der Waals surface area contributed by atoms with Crippen molar-refractivity contribution < 1.29 is 9.59 Å². The van der Waals surface area contributed by atoms with Crippen LogP contribution >= 0.6 is 0 Å². The highest BCUT2D eigenvalue weighted by molar-refractivity contribution is 6.07. The standard InChI is InChI=1S/C26H27N5O2/c32-24-26(22-9-5-2-6-10-22,19-21-7-3-1-4-8-21)28-25(33)31(24)20-29-15-17-30(18-16-29)23-11-13-27-14-12-23/h1-14H,15-20H2,(H,28,33). The van der Waals surface area contributed by atoms with Crippen LogP contribution in [-0.2, 0) is 16.8 Å². The number of hydrogen-bond donors (Lipinski definition) is 1. The summed E-state index contributed by atoms with van der Waals surface area (Å²) in [6, 6.07) is 23.1. The summed E-state index contributed by atoms with van der Waals surface area (Å²) in [5.41, 5.74) is 1.85. The minimum atomic E-state index is -1.10. The molecule has 33 heavy (non-hydrogen) atoms. The highest BCUT2D eigenvalue weighted by atomic mass is 16.2. The molecule has 3 amide bonds. The van der Waals surface area contributed by atoms with Crippen molar-refractivity contribution in [1.82, 2.24) is 20.1 Å². The molecule has 3 aromatic rings. The summed E-state index contributed by atoms with van der Waals surface area (Å²) in [6.45, 7) is 3.51. The molecule has 2 aliphatic rings. The fourth-order valence-corrected chi connectivity index (χ4v) is 4.70. The molecule has 1 aromatic heterocycles. The fraction of sp³-hybridized carbons (Fsp3) is 0.269. The second kappa shape index (κ2) is 9.03. The predicted octanol–water partition coefficient (Wildman–Crippen LogP) is 2.85. The molecule has 1 N–H and O–H groups in total. The first-order valence-electron chi connectivity index (χ1n) is 11.3. The Bertz CT molecular complexity index is 1100. The lowest BCUT2D eigenvalue weighted by Gasteiger charge is -2.37. The van der Waals surface area contributed by atoms with E-state index in [0.29, 0.717) is 6.42 Å². The third-order valence-corrected chi connectivity index (χ3v) is 6.50. The van der Waals surface area contributed by atoms with Crippen LogP contribution in [-0.4, -0.2) is 59.6 Å². The van der Waals surface area contributed by atoms with E-state index in [1.807, 2.05) is 72.8 Å². The van der Waals surface area contributed by atoms with Crippen LogP contribution in [0, 0.1) is 0 Å². The Hall–Kier alpha value is -3.71. The number of rotatable bonds is 6. The average molecular weight is 442 g/mol. The van der Waals surface area contributed by atoms with Crippen molar-refractivity contribution in [3.63, 3.8) is 0 Å². The van der Waals surface area contributed by atoms with Gasteiger partial charge in [0.2, 0.25) is 0 Å². The molecule has 7 nitrogen and oxygen atoms in total. The molecule has 3 heterocycles. The van der Waals surface area contributed by atoms with Crippen LogP contribution in [0.4, 0.5) is 10.5 Å². The van der Waals surface area contributed by atoms with Crippen molar-refractivity contribution in [3.8, 4) is 0 Å². The number of piperazine rings is 1. The van der Waals surface area contributed by atoms with Crippen molar-refractivity contribution in [3.05, 3.63) is 96.3 Å². The lowest BCUT2D eigenvalue weighted by Crippen LogP contribution is -2.52. The van der Waals surface area contributed by atoms with E-state index >= 15 is 0 Å². The predicted molar refractivity (Wildman–Crippen MR) is 127 cm³/mol. The van der Waals surface area contributed by atoms with Crippen LogP contribution in [0.25, 0.3) is 0 Å². The molecular weight excluding hydrogens is 414 g/mol. The zero-order valence-corrected chi connectivity index (χ0v) is 18.4. The summed E-state index contributed by atoms with van der Waals surface area (Å²) in [4.78, 5) is 36.8. The Kier molecular flexibility index (Phi) is 5.79. The monoisotopic (exact) mass is 441 g/mol. The van der Waals surface area contributed by atoms with Gasteiger partial charge in [-0.3, -0.25) is 14.7 Å². The number of imide groups is 1. The molecule has 7 heteroatoms. The molecule has 0 spiro atoms. The molecule has 2 aromatic carbocycles. The number of anilines is 1. The first kappa shape index (κ1) is 21.2. The number of amides is 3. The van der Waals surface area contributed by atoms with E-state index in [2.05, 4.69) is 20.1 Å². The number of pyridine rings is 1. The van der Waals surface area contributed by atoms with E-state index in [9.17, 15) is 9.59 Å². The van der Waals surface area contributed by atoms with E-state index in [1.165, 1.54) is 4.90 Å². The van der Waals surface area contributed by atoms with Crippen molar-refractivity contribution in [2.75, 3.05) is 37.7 Å². The van der Waals surface area contributed by atoms with Crippen LogP contribution < -0.4 is 10.2 Å².